The summed E-state index contributed by atoms with van der Waals surface area (Å²) in [7, 11) is 0. The van der Waals surface area contributed by atoms with Crippen molar-refractivity contribution in [3.05, 3.63) is 101 Å². The zero-order valence-electron chi connectivity index (χ0n) is 19.0. The van der Waals surface area contributed by atoms with Gasteiger partial charge < -0.3 is 5.32 Å². The van der Waals surface area contributed by atoms with Gasteiger partial charge in [0.05, 0.1) is 12.2 Å². The molecular formula is C26H24ClFN4OS. The van der Waals surface area contributed by atoms with E-state index in [0.29, 0.717) is 23.0 Å². The van der Waals surface area contributed by atoms with Crippen molar-refractivity contribution in [3.8, 4) is 0 Å². The molecule has 1 aromatic heterocycles. The number of carbonyl (C=O) groups excluding carboxylic acids is 1. The fourth-order valence-corrected chi connectivity index (χ4v) is 4.45. The number of hydrogen-bond acceptors (Lipinski definition) is 4. The average molecular weight is 495 g/mol. The van der Waals surface area contributed by atoms with E-state index in [1.807, 2.05) is 48.5 Å². The highest BCUT2D eigenvalue weighted by Gasteiger charge is 2.17. The second-order valence-corrected chi connectivity index (χ2v) is 10.2. The number of carbonyl (C=O) groups is 1. The van der Waals surface area contributed by atoms with Crippen molar-refractivity contribution in [2.24, 2.45) is 0 Å². The molecule has 4 rings (SSSR count). The van der Waals surface area contributed by atoms with E-state index in [4.69, 9.17) is 11.6 Å². The number of aromatic nitrogens is 3. The fraction of sp³-hybridized carbons (Fsp3) is 0.192. The SMILES string of the molecule is CC(C)(C)c1ccc(C(=O)Nc2ccccc2Sc2nc(Cl)nn2Cc2ccc(F)cc2)cc1. The van der Waals surface area contributed by atoms with E-state index >= 15 is 0 Å². The Morgan fingerprint density at radius 3 is 2.38 bits per heavy atom. The Morgan fingerprint density at radius 2 is 1.71 bits per heavy atom. The van der Waals surface area contributed by atoms with E-state index in [9.17, 15) is 9.18 Å². The van der Waals surface area contributed by atoms with Crippen LogP contribution in [0, 0.1) is 5.82 Å². The van der Waals surface area contributed by atoms with Crippen molar-refractivity contribution in [2.45, 2.75) is 42.8 Å². The van der Waals surface area contributed by atoms with Crippen LogP contribution in [-0.4, -0.2) is 20.7 Å². The monoisotopic (exact) mass is 494 g/mol. The van der Waals surface area contributed by atoms with E-state index in [1.54, 1.807) is 16.8 Å². The van der Waals surface area contributed by atoms with E-state index in [2.05, 4.69) is 36.2 Å². The van der Waals surface area contributed by atoms with Crippen LogP contribution in [0.25, 0.3) is 0 Å². The average Bonchev–Trinajstić information content (AvgIpc) is 3.14. The van der Waals surface area contributed by atoms with Crippen molar-refractivity contribution < 1.29 is 9.18 Å². The first-order chi connectivity index (χ1) is 16.2. The molecule has 1 heterocycles. The van der Waals surface area contributed by atoms with Gasteiger partial charge >= 0.3 is 0 Å². The number of amides is 1. The summed E-state index contributed by atoms with van der Waals surface area (Å²) in [5.74, 6) is -0.494. The van der Waals surface area contributed by atoms with E-state index < -0.39 is 0 Å². The van der Waals surface area contributed by atoms with Crippen LogP contribution < -0.4 is 5.32 Å². The van der Waals surface area contributed by atoms with E-state index in [-0.39, 0.29) is 22.4 Å². The van der Waals surface area contributed by atoms with Gasteiger partial charge in [0.1, 0.15) is 5.82 Å². The van der Waals surface area contributed by atoms with Crippen LogP contribution in [0.5, 0.6) is 0 Å². The zero-order chi connectivity index (χ0) is 24.3. The van der Waals surface area contributed by atoms with E-state index in [1.165, 1.54) is 23.9 Å². The number of para-hydroxylation sites is 1. The van der Waals surface area contributed by atoms with Crippen molar-refractivity contribution in [2.75, 3.05) is 5.32 Å². The number of nitrogens with one attached hydrogen (secondary N) is 1. The highest BCUT2D eigenvalue weighted by molar-refractivity contribution is 7.99. The summed E-state index contributed by atoms with van der Waals surface area (Å²) in [4.78, 5) is 18.0. The lowest BCUT2D eigenvalue weighted by Crippen LogP contribution is -2.14. The largest absolute Gasteiger partial charge is 0.321 e. The molecule has 0 aliphatic rings. The third-order valence-corrected chi connectivity index (χ3v) is 6.43. The Hall–Kier alpha value is -3.16. The van der Waals surface area contributed by atoms with Gasteiger partial charge in [0.15, 0.2) is 5.16 Å². The first kappa shape index (κ1) is 24.0. The van der Waals surface area contributed by atoms with Crippen LogP contribution in [0.15, 0.2) is 82.8 Å². The van der Waals surface area contributed by atoms with E-state index in [0.717, 1.165) is 16.0 Å². The molecule has 0 radical (unpaired) electrons. The summed E-state index contributed by atoms with van der Waals surface area (Å²) in [6.45, 7) is 6.79. The van der Waals surface area contributed by atoms with Crippen LogP contribution in [0.3, 0.4) is 0 Å². The standard InChI is InChI=1S/C26H24ClFN4OS/c1-26(2,3)19-12-10-18(11-13-19)23(33)29-21-6-4-5-7-22(21)34-25-30-24(27)31-32(25)16-17-8-14-20(28)15-9-17/h4-15H,16H2,1-3H3,(H,29,33). The van der Waals surface area contributed by atoms with Crippen molar-refractivity contribution in [3.63, 3.8) is 0 Å². The molecule has 5 nitrogen and oxygen atoms in total. The highest BCUT2D eigenvalue weighted by Crippen LogP contribution is 2.33. The molecule has 1 amide bonds. The molecule has 3 aromatic carbocycles. The minimum atomic E-state index is -0.298. The number of benzene rings is 3. The van der Waals surface area contributed by atoms with Gasteiger partial charge in [0.25, 0.3) is 5.91 Å². The molecule has 34 heavy (non-hydrogen) atoms. The van der Waals surface area contributed by atoms with Crippen LogP contribution in [0.2, 0.25) is 5.28 Å². The molecular weight excluding hydrogens is 471 g/mol. The maximum absolute atomic E-state index is 13.2. The smallest absolute Gasteiger partial charge is 0.255 e. The number of rotatable bonds is 6. The zero-order valence-corrected chi connectivity index (χ0v) is 20.6. The Labute approximate surface area is 207 Å². The summed E-state index contributed by atoms with van der Waals surface area (Å²) in [5, 5.41) is 7.93. The molecule has 4 aromatic rings. The number of anilines is 1. The predicted octanol–water partition coefficient (Wildman–Crippen LogP) is 6.82. The number of hydrogen-bond donors (Lipinski definition) is 1. The number of nitrogens with zero attached hydrogens (tertiary/aromatic N) is 3. The molecule has 0 aliphatic carbocycles. The lowest BCUT2D eigenvalue weighted by atomic mass is 9.87. The molecule has 8 heteroatoms. The van der Waals surface area contributed by atoms with Gasteiger partial charge in [-0.3, -0.25) is 4.79 Å². The Balaban J connectivity index is 1.53. The Bertz CT molecular complexity index is 1300. The van der Waals surface area contributed by atoms with Crippen molar-refractivity contribution in [1.82, 2.24) is 14.8 Å². The lowest BCUT2D eigenvalue weighted by molar-refractivity contribution is 0.102. The van der Waals surface area contributed by atoms with Crippen LogP contribution in [0.1, 0.15) is 42.3 Å². The highest BCUT2D eigenvalue weighted by atomic mass is 35.5. The van der Waals surface area contributed by atoms with Gasteiger partial charge in [-0.05, 0) is 76.3 Å². The molecule has 174 valence electrons. The third-order valence-electron chi connectivity index (χ3n) is 5.21. The molecule has 0 atom stereocenters. The molecule has 0 aliphatic heterocycles. The first-order valence-electron chi connectivity index (χ1n) is 10.7. The maximum Gasteiger partial charge on any atom is 0.255 e. The second kappa shape index (κ2) is 9.99. The summed E-state index contributed by atoms with van der Waals surface area (Å²) >= 11 is 7.43. The predicted molar refractivity (Wildman–Crippen MR) is 134 cm³/mol. The minimum absolute atomic E-state index is 0.0172. The molecule has 0 spiro atoms. The molecule has 0 fully saturated rings. The normalized spacial score (nSPS) is 11.4. The van der Waals surface area contributed by atoms with Crippen LogP contribution in [0.4, 0.5) is 10.1 Å². The molecule has 0 saturated heterocycles. The van der Waals surface area contributed by atoms with Gasteiger partial charge in [-0.2, -0.15) is 4.98 Å². The Morgan fingerprint density at radius 1 is 1.03 bits per heavy atom. The molecule has 0 unspecified atom stereocenters. The Kier molecular flexibility index (Phi) is 7.05. The van der Waals surface area contributed by atoms with Gasteiger partial charge in [-0.15, -0.1) is 5.10 Å². The third kappa shape index (κ3) is 5.85. The molecule has 0 bridgehead atoms. The maximum atomic E-state index is 13.2. The molecule has 0 saturated carbocycles. The summed E-state index contributed by atoms with van der Waals surface area (Å²) in [5.41, 5.74) is 3.28. The van der Waals surface area contributed by atoms with Crippen LogP contribution in [-0.2, 0) is 12.0 Å². The summed E-state index contributed by atoms with van der Waals surface area (Å²) in [6, 6.07) is 21.3. The lowest BCUT2D eigenvalue weighted by Gasteiger charge is -2.19. The summed E-state index contributed by atoms with van der Waals surface area (Å²) in [6.07, 6.45) is 0. The number of halogens is 2. The minimum Gasteiger partial charge on any atom is -0.321 e. The summed E-state index contributed by atoms with van der Waals surface area (Å²) < 4.78 is 14.9. The van der Waals surface area contributed by atoms with Gasteiger partial charge in [0.2, 0.25) is 5.28 Å². The first-order valence-corrected chi connectivity index (χ1v) is 11.9. The second-order valence-electron chi connectivity index (χ2n) is 8.83. The van der Waals surface area contributed by atoms with Crippen molar-refractivity contribution >= 4 is 35.0 Å². The van der Waals surface area contributed by atoms with Gasteiger partial charge in [-0.1, -0.05) is 57.2 Å². The van der Waals surface area contributed by atoms with Gasteiger partial charge in [-0.25, -0.2) is 9.07 Å². The molecule has 1 N–H and O–H groups in total. The van der Waals surface area contributed by atoms with Gasteiger partial charge in [0, 0.05) is 10.5 Å². The van der Waals surface area contributed by atoms with Crippen molar-refractivity contribution in [1.29, 1.82) is 0 Å². The quantitative estimate of drug-likeness (QED) is 0.319. The topological polar surface area (TPSA) is 59.8 Å². The fourth-order valence-electron chi connectivity index (χ4n) is 3.32. The van der Waals surface area contributed by atoms with Crippen LogP contribution >= 0.6 is 23.4 Å².